The third kappa shape index (κ3) is 1.89. The number of nitrogens with zero attached hydrogens (tertiary/aromatic N) is 2. The largest absolute Gasteiger partial charge is 0.303 e. The van der Waals surface area contributed by atoms with Crippen LogP contribution in [0.2, 0.25) is 5.02 Å². The van der Waals surface area contributed by atoms with Crippen molar-refractivity contribution in [3.63, 3.8) is 0 Å². The topological polar surface area (TPSA) is 17.3 Å². The number of aromatic nitrogens is 2. The van der Waals surface area contributed by atoms with Gasteiger partial charge in [-0.25, -0.2) is 4.98 Å². The Hall–Kier alpha value is -1.80. The van der Waals surface area contributed by atoms with E-state index in [9.17, 15) is 0 Å². The molecule has 90 valence electrons. The van der Waals surface area contributed by atoms with Gasteiger partial charge in [0.25, 0.3) is 0 Å². The van der Waals surface area contributed by atoms with Gasteiger partial charge >= 0.3 is 0 Å². The molecule has 3 aromatic rings. The first kappa shape index (κ1) is 11.3. The Morgan fingerprint density at radius 3 is 2.83 bits per heavy atom. The number of hydrogen-bond donors (Lipinski definition) is 0. The Bertz CT molecular complexity index is 701. The minimum absolute atomic E-state index is 0.747. The highest BCUT2D eigenvalue weighted by Gasteiger charge is 2.07. The summed E-state index contributed by atoms with van der Waals surface area (Å²) in [5, 5.41) is 0.793. The number of benzene rings is 1. The van der Waals surface area contributed by atoms with Crippen molar-refractivity contribution in [1.29, 1.82) is 0 Å². The second-order valence-electron chi connectivity index (χ2n) is 4.39. The first-order chi connectivity index (χ1) is 8.75. The zero-order valence-corrected chi connectivity index (χ0v) is 10.9. The molecule has 0 atom stereocenters. The van der Waals surface area contributed by atoms with Crippen molar-refractivity contribution in [3.8, 4) is 0 Å². The predicted octanol–water partition coefficient (Wildman–Crippen LogP) is 3.89. The van der Waals surface area contributed by atoms with E-state index in [2.05, 4.69) is 22.4 Å². The van der Waals surface area contributed by atoms with Crippen LogP contribution in [0.4, 0.5) is 0 Å². The fraction of sp³-hybridized carbons (Fsp3) is 0.133. The summed E-state index contributed by atoms with van der Waals surface area (Å²) >= 11 is 6.19. The van der Waals surface area contributed by atoms with Crippen molar-refractivity contribution >= 4 is 17.1 Å². The monoisotopic (exact) mass is 256 g/mol. The maximum absolute atomic E-state index is 6.19. The van der Waals surface area contributed by atoms with Gasteiger partial charge in [-0.2, -0.15) is 0 Å². The van der Waals surface area contributed by atoms with E-state index in [0.29, 0.717) is 0 Å². The van der Waals surface area contributed by atoms with Crippen molar-refractivity contribution in [2.45, 2.75) is 13.3 Å². The van der Waals surface area contributed by atoms with Gasteiger partial charge in [-0.15, -0.1) is 0 Å². The summed E-state index contributed by atoms with van der Waals surface area (Å²) in [6.45, 7) is 2.09. The lowest BCUT2D eigenvalue weighted by molar-refractivity contribution is 0.959. The van der Waals surface area contributed by atoms with Crippen molar-refractivity contribution in [2.75, 3.05) is 0 Å². The van der Waals surface area contributed by atoms with Gasteiger partial charge in [0.15, 0.2) is 0 Å². The number of rotatable bonds is 2. The van der Waals surface area contributed by atoms with Crippen LogP contribution in [0.5, 0.6) is 0 Å². The zero-order valence-electron chi connectivity index (χ0n) is 10.1. The molecule has 0 amide bonds. The van der Waals surface area contributed by atoms with Crippen LogP contribution in [0, 0.1) is 6.92 Å². The summed E-state index contributed by atoms with van der Waals surface area (Å²) in [7, 11) is 0. The first-order valence-electron chi connectivity index (χ1n) is 5.90. The first-order valence-corrected chi connectivity index (χ1v) is 6.28. The summed E-state index contributed by atoms with van der Waals surface area (Å²) in [6.07, 6.45) is 4.71. The average molecular weight is 257 g/mol. The zero-order chi connectivity index (χ0) is 12.5. The molecule has 0 aliphatic heterocycles. The van der Waals surface area contributed by atoms with Crippen LogP contribution >= 0.6 is 11.6 Å². The van der Waals surface area contributed by atoms with Crippen LogP contribution in [0.25, 0.3) is 5.52 Å². The number of imidazole rings is 1. The van der Waals surface area contributed by atoms with Crippen molar-refractivity contribution in [1.82, 2.24) is 9.38 Å². The van der Waals surface area contributed by atoms with Crippen molar-refractivity contribution in [2.24, 2.45) is 0 Å². The summed E-state index contributed by atoms with van der Waals surface area (Å²) < 4.78 is 2.12. The van der Waals surface area contributed by atoms with Gasteiger partial charge in [0.1, 0.15) is 5.82 Å². The normalized spacial score (nSPS) is 11.0. The summed E-state index contributed by atoms with van der Waals surface area (Å²) in [5.74, 6) is 1.02. The molecule has 0 unspecified atom stereocenters. The van der Waals surface area contributed by atoms with Crippen LogP contribution in [-0.2, 0) is 6.42 Å². The fourth-order valence-electron chi connectivity index (χ4n) is 2.16. The number of hydrogen-bond acceptors (Lipinski definition) is 1. The number of fused-ring (bicyclic) bond motifs is 1. The van der Waals surface area contributed by atoms with Gasteiger partial charge < -0.3 is 4.40 Å². The Balaban J connectivity index is 2.06. The molecule has 3 rings (SSSR count). The fourth-order valence-corrected chi connectivity index (χ4v) is 2.36. The SMILES string of the molecule is Cc1cccn2c(Cc3ccccc3Cl)ncc12. The second kappa shape index (κ2) is 4.46. The molecule has 0 saturated heterocycles. The van der Waals surface area contributed by atoms with Crippen LogP contribution in [-0.4, -0.2) is 9.38 Å². The Morgan fingerprint density at radius 1 is 1.17 bits per heavy atom. The van der Waals surface area contributed by atoms with Crippen LogP contribution in [0.3, 0.4) is 0 Å². The highest BCUT2D eigenvalue weighted by Crippen LogP contribution is 2.20. The van der Waals surface area contributed by atoms with Crippen LogP contribution in [0.15, 0.2) is 48.8 Å². The lowest BCUT2D eigenvalue weighted by Gasteiger charge is -2.04. The minimum atomic E-state index is 0.747. The molecule has 2 aromatic heterocycles. The molecule has 0 fully saturated rings. The third-order valence-electron chi connectivity index (χ3n) is 3.17. The molecule has 1 aromatic carbocycles. The third-order valence-corrected chi connectivity index (χ3v) is 3.53. The van der Waals surface area contributed by atoms with E-state index in [4.69, 9.17) is 11.6 Å². The molecule has 0 bridgehead atoms. The molecule has 2 heterocycles. The van der Waals surface area contributed by atoms with E-state index in [0.717, 1.165) is 28.3 Å². The van der Waals surface area contributed by atoms with E-state index in [1.807, 2.05) is 42.7 Å². The van der Waals surface area contributed by atoms with Gasteiger partial charge in [-0.1, -0.05) is 35.9 Å². The number of pyridine rings is 1. The maximum atomic E-state index is 6.19. The molecular formula is C15H13ClN2. The Morgan fingerprint density at radius 2 is 2.00 bits per heavy atom. The quantitative estimate of drug-likeness (QED) is 0.680. The lowest BCUT2D eigenvalue weighted by Crippen LogP contribution is -1.97. The van der Waals surface area contributed by atoms with Gasteiger partial charge in [-0.05, 0) is 30.2 Å². The molecule has 18 heavy (non-hydrogen) atoms. The summed E-state index contributed by atoms with van der Waals surface area (Å²) in [6, 6.07) is 12.0. The summed E-state index contributed by atoms with van der Waals surface area (Å²) in [4.78, 5) is 4.50. The summed E-state index contributed by atoms with van der Waals surface area (Å²) in [5.41, 5.74) is 3.49. The highest BCUT2D eigenvalue weighted by molar-refractivity contribution is 6.31. The lowest BCUT2D eigenvalue weighted by atomic mass is 10.1. The van der Waals surface area contributed by atoms with E-state index in [-0.39, 0.29) is 0 Å². The van der Waals surface area contributed by atoms with Gasteiger partial charge in [0, 0.05) is 17.6 Å². The van der Waals surface area contributed by atoms with Crippen molar-refractivity contribution < 1.29 is 0 Å². The predicted molar refractivity (Wildman–Crippen MR) is 74.2 cm³/mol. The molecule has 2 nitrogen and oxygen atoms in total. The molecular weight excluding hydrogens is 244 g/mol. The highest BCUT2D eigenvalue weighted by atomic mass is 35.5. The van der Waals surface area contributed by atoms with E-state index in [1.54, 1.807) is 0 Å². The van der Waals surface area contributed by atoms with Gasteiger partial charge in [-0.3, -0.25) is 0 Å². The van der Waals surface area contributed by atoms with Crippen LogP contribution < -0.4 is 0 Å². The number of halogens is 1. The molecule has 0 N–H and O–H groups in total. The average Bonchev–Trinajstić information content (AvgIpc) is 2.77. The molecule has 0 aliphatic rings. The standard InChI is InChI=1S/C15H13ClN2/c1-11-5-4-8-18-14(11)10-17-15(18)9-12-6-2-3-7-13(12)16/h2-8,10H,9H2,1H3. The van der Waals surface area contributed by atoms with Gasteiger partial charge in [0.05, 0.1) is 11.7 Å². The minimum Gasteiger partial charge on any atom is -0.303 e. The molecule has 0 radical (unpaired) electrons. The molecule has 3 heteroatoms. The second-order valence-corrected chi connectivity index (χ2v) is 4.80. The number of aryl methyl sites for hydroxylation is 1. The smallest absolute Gasteiger partial charge is 0.117 e. The molecule has 0 saturated carbocycles. The van der Waals surface area contributed by atoms with E-state index in [1.165, 1.54) is 5.56 Å². The van der Waals surface area contributed by atoms with Gasteiger partial charge in [0.2, 0.25) is 0 Å². The Labute approximate surface area is 111 Å². The van der Waals surface area contributed by atoms with E-state index >= 15 is 0 Å². The molecule has 0 aliphatic carbocycles. The van der Waals surface area contributed by atoms with E-state index < -0.39 is 0 Å². The Kier molecular flexibility index (Phi) is 2.80. The molecule has 0 spiro atoms. The van der Waals surface area contributed by atoms with Crippen LogP contribution in [0.1, 0.15) is 17.0 Å². The maximum Gasteiger partial charge on any atom is 0.117 e. The van der Waals surface area contributed by atoms with Crippen molar-refractivity contribution in [3.05, 3.63) is 70.8 Å².